The molecule has 0 amide bonds. The zero-order valence-electron chi connectivity index (χ0n) is 13.2. The highest BCUT2D eigenvalue weighted by atomic mass is 32.2. The SMILES string of the molecule is CCn1nccc1S(=O)(=O)Nc1ccc(-c2noc(C(F)(F)F)n2)cc1. The molecule has 8 nitrogen and oxygen atoms in total. The molecule has 0 saturated heterocycles. The molecule has 0 fully saturated rings. The highest BCUT2D eigenvalue weighted by molar-refractivity contribution is 7.92. The van der Waals surface area contributed by atoms with Crippen molar-refractivity contribution in [2.24, 2.45) is 0 Å². The Morgan fingerprint density at radius 1 is 1.19 bits per heavy atom. The van der Waals surface area contributed by atoms with E-state index >= 15 is 0 Å². The summed E-state index contributed by atoms with van der Waals surface area (Å²) in [5.74, 6) is -1.71. The quantitative estimate of drug-likeness (QED) is 0.722. The number of aromatic nitrogens is 4. The van der Waals surface area contributed by atoms with Crippen molar-refractivity contribution in [3.05, 3.63) is 42.4 Å². The first-order valence-corrected chi connectivity index (χ1v) is 8.75. The van der Waals surface area contributed by atoms with E-state index in [4.69, 9.17) is 0 Å². The van der Waals surface area contributed by atoms with Crippen LogP contribution in [0.15, 0.2) is 46.1 Å². The standard InChI is InChI=1S/C14H12F3N5O3S/c1-2-22-11(7-8-18-22)26(23,24)21-10-5-3-9(4-6-10)12-19-13(25-20-12)14(15,16)17/h3-8,21H,2H2,1H3. The van der Waals surface area contributed by atoms with Crippen molar-refractivity contribution in [3.63, 3.8) is 0 Å². The van der Waals surface area contributed by atoms with Crippen LogP contribution in [0.25, 0.3) is 11.4 Å². The van der Waals surface area contributed by atoms with Crippen LogP contribution in [0.3, 0.4) is 0 Å². The summed E-state index contributed by atoms with van der Waals surface area (Å²) in [4.78, 5) is 3.27. The number of benzene rings is 1. The third-order valence-corrected chi connectivity index (χ3v) is 4.72. The molecule has 26 heavy (non-hydrogen) atoms. The van der Waals surface area contributed by atoms with Gasteiger partial charge in [0.15, 0.2) is 5.03 Å². The Bertz CT molecular complexity index is 1010. The van der Waals surface area contributed by atoms with Crippen molar-refractivity contribution in [1.29, 1.82) is 0 Å². The van der Waals surface area contributed by atoms with Crippen LogP contribution < -0.4 is 4.72 Å². The Labute approximate surface area is 145 Å². The van der Waals surface area contributed by atoms with Gasteiger partial charge in [0.05, 0.1) is 6.20 Å². The first kappa shape index (κ1) is 17.9. The number of rotatable bonds is 5. The summed E-state index contributed by atoms with van der Waals surface area (Å²) in [6.45, 7) is 2.13. The second-order valence-electron chi connectivity index (χ2n) is 5.09. The molecule has 0 spiro atoms. The maximum Gasteiger partial charge on any atom is 0.471 e. The molecule has 0 atom stereocenters. The van der Waals surface area contributed by atoms with E-state index in [1.807, 2.05) is 0 Å². The fourth-order valence-corrected chi connectivity index (χ4v) is 3.38. The molecule has 1 N–H and O–H groups in total. The van der Waals surface area contributed by atoms with Crippen LogP contribution in [0.2, 0.25) is 0 Å². The van der Waals surface area contributed by atoms with Crippen LogP contribution in [0.5, 0.6) is 0 Å². The second kappa shape index (κ2) is 6.44. The lowest BCUT2D eigenvalue weighted by Crippen LogP contribution is -2.17. The van der Waals surface area contributed by atoms with Crippen molar-refractivity contribution in [3.8, 4) is 11.4 Å². The van der Waals surface area contributed by atoms with Gasteiger partial charge in [0.2, 0.25) is 5.82 Å². The molecule has 12 heteroatoms. The summed E-state index contributed by atoms with van der Waals surface area (Å²) in [5.41, 5.74) is 0.461. The van der Waals surface area contributed by atoms with Gasteiger partial charge in [-0.25, -0.2) is 0 Å². The molecule has 3 aromatic rings. The van der Waals surface area contributed by atoms with Crippen molar-refractivity contribution >= 4 is 15.7 Å². The van der Waals surface area contributed by atoms with Crippen molar-refractivity contribution in [1.82, 2.24) is 19.9 Å². The zero-order valence-corrected chi connectivity index (χ0v) is 14.0. The number of aryl methyl sites for hydroxylation is 1. The minimum absolute atomic E-state index is 0.00272. The molecule has 0 aliphatic carbocycles. The van der Waals surface area contributed by atoms with Gasteiger partial charge in [0, 0.05) is 17.8 Å². The van der Waals surface area contributed by atoms with Gasteiger partial charge in [-0.1, -0.05) is 5.16 Å². The number of sulfonamides is 1. The van der Waals surface area contributed by atoms with E-state index in [1.54, 1.807) is 6.92 Å². The van der Waals surface area contributed by atoms with Crippen molar-refractivity contribution in [2.75, 3.05) is 4.72 Å². The lowest BCUT2D eigenvalue weighted by Gasteiger charge is -2.09. The summed E-state index contributed by atoms with van der Waals surface area (Å²) < 4.78 is 70.0. The maximum atomic E-state index is 12.5. The topological polar surface area (TPSA) is 103 Å². The zero-order chi connectivity index (χ0) is 18.9. The molecular formula is C14H12F3N5O3S. The molecule has 2 heterocycles. The summed E-state index contributed by atoms with van der Waals surface area (Å²) in [7, 11) is -3.85. The van der Waals surface area contributed by atoms with Crippen molar-refractivity contribution < 1.29 is 26.1 Å². The van der Waals surface area contributed by atoms with E-state index in [0.29, 0.717) is 6.54 Å². The first-order valence-electron chi connectivity index (χ1n) is 7.26. The smallest absolute Gasteiger partial charge is 0.329 e. The first-order chi connectivity index (χ1) is 12.2. The van der Waals surface area contributed by atoms with Crippen LogP contribution >= 0.6 is 0 Å². The number of hydrogen-bond acceptors (Lipinski definition) is 6. The Balaban J connectivity index is 1.81. The largest absolute Gasteiger partial charge is 0.471 e. The average molecular weight is 387 g/mol. The highest BCUT2D eigenvalue weighted by Gasteiger charge is 2.38. The second-order valence-corrected chi connectivity index (χ2v) is 6.72. The van der Waals surface area contributed by atoms with Gasteiger partial charge in [-0.15, -0.1) is 0 Å². The third-order valence-electron chi connectivity index (χ3n) is 3.32. The fourth-order valence-electron chi connectivity index (χ4n) is 2.14. The van der Waals surface area contributed by atoms with Crippen LogP contribution in [0.1, 0.15) is 12.8 Å². The normalized spacial score (nSPS) is 12.3. The molecule has 2 aromatic heterocycles. The van der Waals surface area contributed by atoms with Gasteiger partial charge in [-0.2, -0.15) is 31.7 Å². The Morgan fingerprint density at radius 2 is 1.88 bits per heavy atom. The van der Waals surface area contributed by atoms with Gasteiger partial charge in [0.1, 0.15) is 0 Å². The Hall–Kier alpha value is -2.89. The van der Waals surface area contributed by atoms with Gasteiger partial charge < -0.3 is 4.52 Å². The molecule has 0 unspecified atom stereocenters. The number of halogens is 3. The van der Waals surface area contributed by atoms with E-state index in [1.165, 1.54) is 41.2 Å². The van der Waals surface area contributed by atoms with E-state index < -0.39 is 22.1 Å². The van der Waals surface area contributed by atoms with Gasteiger partial charge in [0.25, 0.3) is 10.0 Å². The van der Waals surface area contributed by atoms with Crippen LogP contribution in [-0.4, -0.2) is 28.3 Å². The minimum Gasteiger partial charge on any atom is -0.329 e. The predicted octanol–water partition coefficient (Wildman–Crippen LogP) is 2.77. The van der Waals surface area contributed by atoms with Crippen LogP contribution in [-0.2, 0) is 22.7 Å². The molecule has 0 aliphatic rings. The molecule has 0 saturated carbocycles. The summed E-state index contributed by atoms with van der Waals surface area (Å²) >= 11 is 0. The molecule has 138 valence electrons. The number of nitrogens with zero attached hydrogens (tertiary/aromatic N) is 4. The number of nitrogens with one attached hydrogen (secondary N) is 1. The summed E-state index contributed by atoms with van der Waals surface area (Å²) in [6, 6.07) is 6.87. The van der Waals surface area contributed by atoms with Gasteiger partial charge in [-0.05, 0) is 37.3 Å². The maximum absolute atomic E-state index is 12.5. The minimum atomic E-state index is -4.73. The number of hydrogen-bond donors (Lipinski definition) is 1. The lowest BCUT2D eigenvalue weighted by molar-refractivity contribution is -0.159. The summed E-state index contributed by atoms with van der Waals surface area (Å²) in [6.07, 6.45) is -3.36. The van der Waals surface area contributed by atoms with E-state index in [2.05, 4.69) is 24.5 Å². The number of anilines is 1. The molecular weight excluding hydrogens is 375 g/mol. The summed E-state index contributed by atoms with van der Waals surface area (Å²) in [5, 5.41) is 7.16. The van der Waals surface area contributed by atoms with Gasteiger partial charge in [-0.3, -0.25) is 9.40 Å². The molecule has 0 bridgehead atoms. The monoisotopic (exact) mass is 387 g/mol. The Kier molecular flexibility index (Phi) is 4.44. The van der Waals surface area contributed by atoms with E-state index in [0.717, 1.165) is 0 Å². The lowest BCUT2D eigenvalue weighted by atomic mass is 10.2. The van der Waals surface area contributed by atoms with Gasteiger partial charge >= 0.3 is 12.1 Å². The highest BCUT2D eigenvalue weighted by Crippen LogP contribution is 2.29. The fraction of sp³-hybridized carbons (Fsp3) is 0.214. The van der Waals surface area contributed by atoms with E-state index in [9.17, 15) is 21.6 Å². The van der Waals surface area contributed by atoms with Crippen LogP contribution in [0.4, 0.5) is 18.9 Å². The molecule has 1 aromatic carbocycles. The third kappa shape index (κ3) is 3.54. The molecule has 3 rings (SSSR count). The van der Waals surface area contributed by atoms with Crippen LogP contribution in [0, 0.1) is 0 Å². The van der Waals surface area contributed by atoms with Crippen molar-refractivity contribution in [2.45, 2.75) is 24.7 Å². The van der Waals surface area contributed by atoms with E-state index in [-0.39, 0.29) is 22.1 Å². The average Bonchev–Trinajstić information content (AvgIpc) is 3.24. The number of alkyl halides is 3. The predicted molar refractivity (Wildman–Crippen MR) is 83.4 cm³/mol. The Morgan fingerprint density at radius 3 is 2.46 bits per heavy atom. The molecule has 0 radical (unpaired) electrons. The molecule has 0 aliphatic heterocycles.